The van der Waals surface area contributed by atoms with Crippen molar-refractivity contribution in [1.29, 1.82) is 0 Å². The molecule has 1 aromatic rings. The number of benzene rings is 1. The molecule has 0 aliphatic heterocycles. The number of phenols is 1. The molecule has 0 aliphatic carbocycles. The number of para-hydroxylation sites is 1. The summed E-state index contributed by atoms with van der Waals surface area (Å²) < 4.78 is 5.35. The van der Waals surface area contributed by atoms with Gasteiger partial charge in [-0.1, -0.05) is 39.0 Å². The van der Waals surface area contributed by atoms with Crippen molar-refractivity contribution in [3.05, 3.63) is 29.3 Å². The molecule has 8 heteroatoms. The molecule has 0 bridgehead atoms. The Morgan fingerprint density at radius 2 is 1.70 bits per heavy atom. The third-order valence-electron chi connectivity index (χ3n) is 4.91. The minimum Gasteiger partial charge on any atom is -0.507 e. The first-order valence-electron chi connectivity index (χ1n) is 11.6. The van der Waals surface area contributed by atoms with Crippen LogP contribution in [0.5, 0.6) is 5.75 Å². The van der Waals surface area contributed by atoms with E-state index in [9.17, 15) is 19.5 Å². The van der Waals surface area contributed by atoms with Gasteiger partial charge in [-0.15, -0.1) is 0 Å². The zero-order valence-electron chi connectivity index (χ0n) is 21.5. The van der Waals surface area contributed by atoms with Crippen molar-refractivity contribution in [2.45, 2.75) is 92.5 Å². The molecule has 2 unspecified atom stereocenters. The number of carbonyl (C=O) groups is 3. The van der Waals surface area contributed by atoms with Crippen LogP contribution in [0.15, 0.2) is 18.2 Å². The number of aromatic hydroxyl groups is 1. The van der Waals surface area contributed by atoms with E-state index < -0.39 is 35.6 Å². The highest BCUT2D eigenvalue weighted by molar-refractivity contribution is 5.92. The van der Waals surface area contributed by atoms with Gasteiger partial charge in [-0.2, -0.15) is 0 Å². The molecule has 186 valence electrons. The molecule has 33 heavy (non-hydrogen) atoms. The van der Waals surface area contributed by atoms with Crippen LogP contribution in [0.4, 0.5) is 4.79 Å². The van der Waals surface area contributed by atoms with Gasteiger partial charge in [0.2, 0.25) is 11.8 Å². The maximum absolute atomic E-state index is 13.8. The second-order valence-corrected chi connectivity index (χ2v) is 9.98. The van der Waals surface area contributed by atoms with Gasteiger partial charge in [-0.25, -0.2) is 4.79 Å². The van der Waals surface area contributed by atoms with Crippen LogP contribution in [0.2, 0.25) is 0 Å². The lowest BCUT2D eigenvalue weighted by atomic mass is 9.96. The van der Waals surface area contributed by atoms with Crippen molar-refractivity contribution in [2.75, 3.05) is 6.54 Å². The van der Waals surface area contributed by atoms with Crippen molar-refractivity contribution >= 4 is 17.9 Å². The fourth-order valence-electron chi connectivity index (χ4n) is 3.45. The maximum atomic E-state index is 13.8. The van der Waals surface area contributed by atoms with E-state index in [2.05, 4.69) is 10.6 Å². The van der Waals surface area contributed by atoms with Crippen LogP contribution in [0.3, 0.4) is 0 Å². The topological polar surface area (TPSA) is 108 Å². The number of hydrogen-bond acceptors (Lipinski definition) is 5. The summed E-state index contributed by atoms with van der Waals surface area (Å²) in [4.78, 5) is 41.0. The Kier molecular flexibility index (Phi) is 10.2. The summed E-state index contributed by atoms with van der Waals surface area (Å²) in [7, 11) is 0. The van der Waals surface area contributed by atoms with E-state index in [1.54, 1.807) is 45.9 Å². The standard InChI is InChI=1S/C25H41N3O5/c1-10-14-28(23(31)19(15(2)3)27-24(32)33-25(7,8)9)20(22(30)26-16(4)5)18-13-11-12-17(6)21(18)29/h11-13,15-16,19-20,29H,10,14H2,1-9H3,(H,26,30)(H,27,32). The van der Waals surface area contributed by atoms with E-state index in [0.717, 1.165) is 0 Å². The number of nitrogens with zero attached hydrogens (tertiary/aromatic N) is 1. The number of ether oxygens (including phenoxy) is 1. The van der Waals surface area contributed by atoms with Crippen LogP contribution in [0.1, 0.15) is 79.0 Å². The number of alkyl carbamates (subject to hydrolysis) is 1. The molecular formula is C25H41N3O5. The van der Waals surface area contributed by atoms with Gasteiger partial charge in [-0.05, 0) is 59.4 Å². The van der Waals surface area contributed by atoms with Crippen LogP contribution in [0.25, 0.3) is 0 Å². The minimum absolute atomic E-state index is 0.0310. The predicted molar refractivity (Wildman–Crippen MR) is 129 cm³/mol. The Hall–Kier alpha value is -2.77. The number of carbonyl (C=O) groups excluding carboxylic acids is 3. The lowest BCUT2D eigenvalue weighted by Crippen LogP contribution is -2.55. The largest absolute Gasteiger partial charge is 0.507 e. The minimum atomic E-state index is -1.05. The van der Waals surface area contributed by atoms with Gasteiger partial charge in [0.25, 0.3) is 0 Å². The average molecular weight is 464 g/mol. The Morgan fingerprint density at radius 1 is 1.09 bits per heavy atom. The van der Waals surface area contributed by atoms with Crippen molar-refractivity contribution in [3.63, 3.8) is 0 Å². The number of aryl methyl sites for hydroxylation is 1. The van der Waals surface area contributed by atoms with Crippen LogP contribution in [-0.4, -0.2) is 52.1 Å². The van der Waals surface area contributed by atoms with Gasteiger partial charge >= 0.3 is 6.09 Å². The monoisotopic (exact) mass is 463 g/mol. The molecule has 0 saturated heterocycles. The molecule has 3 amide bonds. The van der Waals surface area contributed by atoms with Gasteiger partial charge in [0.1, 0.15) is 23.4 Å². The Morgan fingerprint density at radius 3 is 2.18 bits per heavy atom. The van der Waals surface area contributed by atoms with Crippen molar-refractivity contribution in [1.82, 2.24) is 15.5 Å². The SMILES string of the molecule is CCCN(C(=O)C(NC(=O)OC(C)(C)C)C(C)C)C(C(=O)NC(C)C)c1cccc(C)c1O. The van der Waals surface area contributed by atoms with E-state index in [1.807, 2.05) is 34.6 Å². The third kappa shape index (κ3) is 8.26. The summed E-state index contributed by atoms with van der Waals surface area (Å²) in [5, 5.41) is 16.3. The van der Waals surface area contributed by atoms with Crippen LogP contribution < -0.4 is 10.6 Å². The van der Waals surface area contributed by atoms with Crippen LogP contribution in [-0.2, 0) is 14.3 Å². The Bertz CT molecular complexity index is 830. The molecule has 0 spiro atoms. The summed E-state index contributed by atoms with van der Waals surface area (Å²) >= 11 is 0. The fourth-order valence-corrected chi connectivity index (χ4v) is 3.45. The van der Waals surface area contributed by atoms with Crippen molar-refractivity contribution in [2.24, 2.45) is 5.92 Å². The summed E-state index contributed by atoms with van der Waals surface area (Å²) in [6.45, 7) is 16.4. The lowest BCUT2D eigenvalue weighted by Gasteiger charge is -2.36. The first-order chi connectivity index (χ1) is 15.2. The molecule has 2 atom stereocenters. The first-order valence-corrected chi connectivity index (χ1v) is 11.6. The van der Waals surface area contributed by atoms with Gasteiger partial charge in [0, 0.05) is 18.2 Å². The lowest BCUT2D eigenvalue weighted by molar-refractivity contribution is -0.143. The van der Waals surface area contributed by atoms with Gasteiger partial charge < -0.3 is 25.4 Å². The molecule has 0 radical (unpaired) electrons. The van der Waals surface area contributed by atoms with E-state index in [-0.39, 0.29) is 24.3 Å². The maximum Gasteiger partial charge on any atom is 0.408 e. The Balaban J connectivity index is 3.48. The highest BCUT2D eigenvalue weighted by Crippen LogP contribution is 2.32. The first kappa shape index (κ1) is 28.3. The molecular weight excluding hydrogens is 422 g/mol. The molecule has 0 aromatic heterocycles. The highest BCUT2D eigenvalue weighted by atomic mass is 16.6. The van der Waals surface area contributed by atoms with Gasteiger partial charge in [0.05, 0.1) is 0 Å². The summed E-state index contributed by atoms with van der Waals surface area (Å²) in [6, 6.07) is 3.01. The molecule has 8 nitrogen and oxygen atoms in total. The summed E-state index contributed by atoms with van der Waals surface area (Å²) in [5.41, 5.74) is 0.228. The fraction of sp³-hybridized carbons (Fsp3) is 0.640. The highest BCUT2D eigenvalue weighted by Gasteiger charge is 2.38. The molecule has 1 rings (SSSR count). The molecule has 0 saturated carbocycles. The summed E-state index contributed by atoms with van der Waals surface area (Å²) in [5.74, 6) is -1.10. The molecule has 0 aliphatic rings. The molecule has 3 N–H and O–H groups in total. The number of phenolic OH excluding ortho intramolecular Hbond substituents is 1. The number of hydrogen-bond donors (Lipinski definition) is 3. The second kappa shape index (κ2) is 11.9. The summed E-state index contributed by atoms with van der Waals surface area (Å²) in [6.07, 6.45) is -0.117. The number of nitrogens with one attached hydrogen (secondary N) is 2. The molecule has 0 fully saturated rings. The smallest absolute Gasteiger partial charge is 0.408 e. The third-order valence-corrected chi connectivity index (χ3v) is 4.91. The average Bonchev–Trinajstić information content (AvgIpc) is 2.66. The predicted octanol–water partition coefficient (Wildman–Crippen LogP) is 4.05. The van der Waals surface area contributed by atoms with Gasteiger partial charge in [0.15, 0.2) is 0 Å². The number of amides is 3. The van der Waals surface area contributed by atoms with Crippen molar-refractivity contribution < 1.29 is 24.2 Å². The molecule has 1 aromatic carbocycles. The zero-order valence-corrected chi connectivity index (χ0v) is 21.5. The Labute approximate surface area is 198 Å². The second-order valence-electron chi connectivity index (χ2n) is 9.98. The molecule has 0 heterocycles. The zero-order chi connectivity index (χ0) is 25.5. The van der Waals surface area contributed by atoms with Gasteiger partial charge in [-0.3, -0.25) is 9.59 Å². The van der Waals surface area contributed by atoms with Crippen LogP contribution >= 0.6 is 0 Å². The van der Waals surface area contributed by atoms with E-state index in [1.165, 1.54) is 4.90 Å². The van der Waals surface area contributed by atoms with E-state index >= 15 is 0 Å². The van der Waals surface area contributed by atoms with Crippen LogP contribution in [0, 0.1) is 12.8 Å². The van der Waals surface area contributed by atoms with Crippen molar-refractivity contribution in [3.8, 4) is 5.75 Å². The van der Waals surface area contributed by atoms with E-state index in [0.29, 0.717) is 17.5 Å². The number of rotatable bonds is 9. The quantitative estimate of drug-likeness (QED) is 0.512. The van der Waals surface area contributed by atoms with E-state index in [4.69, 9.17) is 4.74 Å². The normalized spacial score (nSPS) is 13.4.